The fraction of sp³-hybridized carbons (Fsp3) is 0.500. The monoisotopic (exact) mass is 405 g/mol. The summed E-state index contributed by atoms with van der Waals surface area (Å²) >= 11 is 0. The first-order valence-corrected chi connectivity index (χ1v) is 10.9. The van der Waals surface area contributed by atoms with Crippen molar-refractivity contribution < 1.29 is 14.3 Å². The average molecular weight is 405 g/mol. The smallest absolute Gasteiger partial charge is 0.320 e. The Hall–Kier alpha value is -2.62. The summed E-state index contributed by atoms with van der Waals surface area (Å²) in [6, 6.07) is 15.3. The zero-order chi connectivity index (χ0) is 20.5. The molecule has 0 saturated carbocycles. The Balaban J connectivity index is 1.30. The van der Waals surface area contributed by atoms with Gasteiger partial charge in [-0.15, -0.1) is 0 Å². The minimum atomic E-state index is -0.112. The second-order valence-electron chi connectivity index (χ2n) is 8.55. The van der Waals surface area contributed by atoms with Crippen LogP contribution in [0.5, 0.6) is 0 Å². The lowest BCUT2D eigenvalue weighted by Crippen LogP contribution is -2.47. The molecule has 30 heavy (non-hydrogen) atoms. The molecule has 2 atom stereocenters. The lowest BCUT2D eigenvalue weighted by Gasteiger charge is -2.41. The van der Waals surface area contributed by atoms with E-state index in [2.05, 4.69) is 28.0 Å². The number of rotatable bonds is 4. The van der Waals surface area contributed by atoms with E-state index in [4.69, 9.17) is 9.47 Å². The van der Waals surface area contributed by atoms with Gasteiger partial charge in [-0.05, 0) is 25.0 Å². The van der Waals surface area contributed by atoms with Crippen molar-refractivity contribution in [3.63, 3.8) is 0 Å². The van der Waals surface area contributed by atoms with Crippen molar-refractivity contribution in [2.45, 2.75) is 43.9 Å². The van der Waals surface area contributed by atoms with Crippen molar-refractivity contribution in [1.82, 2.24) is 4.90 Å². The molecule has 2 unspecified atom stereocenters. The van der Waals surface area contributed by atoms with Gasteiger partial charge < -0.3 is 14.4 Å². The van der Waals surface area contributed by atoms with Crippen LogP contribution in [-0.2, 0) is 14.3 Å². The van der Waals surface area contributed by atoms with Gasteiger partial charge in [-0.25, -0.2) is 0 Å². The summed E-state index contributed by atoms with van der Waals surface area (Å²) in [7, 11) is 0. The number of fused-ring (bicyclic) bond motifs is 3. The summed E-state index contributed by atoms with van der Waals surface area (Å²) in [5.41, 5.74) is 1.92. The molecule has 3 heterocycles. The Morgan fingerprint density at radius 3 is 2.47 bits per heavy atom. The van der Waals surface area contributed by atoms with Gasteiger partial charge in [0.05, 0.1) is 31.4 Å². The van der Waals surface area contributed by atoms with Crippen LogP contribution in [-0.4, -0.2) is 61.9 Å². The highest BCUT2D eigenvalue weighted by molar-refractivity contribution is 5.98. The second kappa shape index (κ2) is 8.25. The molecule has 6 heteroatoms. The van der Waals surface area contributed by atoms with Gasteiger partial charge in [0.25, 0.3) is 0 Å². The molecule has 3 aliphatic rings. The van der Waals surface area contributed by atoms with Crippen LogP contribution in [0.1, 0.15) is 31.2 Å². The molecule has 0 spiro atoms. The summed E-state index contributed by atoms with van der Waals surface area (Å²) in [5.74, 6) is -0.112. The Morgan fingerprint density at radius 2 is 1.77 bits per heavy atom. The first-order chi connectivity index (χ1) is 14.7. The summed E-state index contributed by atoms with van der Waals surface area (Å²) < 4.78 is 11.2. The number of hydrogen-bond acceptors (Lipinski definition) is 6. The fourth-order valence-corrected chi connectivity index (χ4v) is 5.39. The maximum Gasteiger partial charge on any atom is 0.320 e. The van der Waals surface area contributed by atoms with E-state index >= 15 is 0 Å². The zero-order valence-electron chi connectivity index (χ0n) is 17.1. The third kappa shape index (κ3) is 3.64. The molecule has 6 nitrogen and oxygen atoms in total. The van der Waals surface area contributed by atoms with Gasteiger partial charge >= 0.3 is 5.97 Å². The summed E-state index contributed by atoms with van der Waals surface area (Å²) in [6.45, 7) is 3.33. The highest BCUT2D eigenvalue weighted by atomic mass is 16.5. The minimum Gasteiger partial charge on any atom is -0.461 e. The summed E-state index contributed by atoms with van der Waals surface area (Å²) in [6.07, 6.45) is 3.99. The molecule has 2 aromatic carbocycles. The highest BCUT2D eigenvalue weighted by Gasteiger charge is 2.42. The highest BCUT2D eigenvalue weighted by Crippen LogP contribution is 2.43. The second-order valence-corrected chi connectivity index (χ2v) is 8.55. The minimum absolute atomic E-state index is 0.00284. The van der Waals surface area contributed by atoms with E-state index in [1.165, 1.54) is 5.69 Å². The molecule has 5 rings (SSSR count). The molecule has 0 aliphatic carbocycles. The molecule has 2 aromatic rings. The number of carbonyl (C=O) groups excluding carboxylic acids is 1. The van der Waals surface area contributed by atoms with Gasteiger partial charge in [0.2, 0.25) is 0 Å². The van der Waals surface area contributed by atoms with E-state index in [0.717, 1.165) is 49.5 Å². The SMILES string of the molecule is N#Cc1ccc(N2C3CCC2CC(OC(=O)CN2CCOCC2)C3)c2ccccc12. The van der Waals surface area contributed by atoms with Crippen molar-refractivity contribution in [1.29, 1.82) is 5.26 Å². The number of hydrogen-bond donors (Lipinski definition) is 0. The predicted molar refractivity (Wildman–Crippen MR) is 114 cm³/mol. The molecule has 0 radical (unpaired) electrons. The van der Waals surface area contributed by atoms with Crippen LogP contribution in [0, 0.1) is 11.3 Å². The molecule has 2 bridgehead atoms. The van der Waals surface area contributed by atoms with Gasteiger partial charge in [-0.3, -0.25) is 9.69 Å². The Labute approximate surface area is 177 Å². The lowest BCUT2D eigenvalue weighted by atomic mass is 9.96. The van der Waals surface area contributed by atoms with E-state index in [-0.39, 0.29) is 12.1 Å². The van der Waals surface area contributed by atoms with E-state index in [9.17, 15) is 10.1 Å². The normalized spacial score (nSPS) is 26.5. The van der Waals surface area contributed by atoms with Gasteiger partial charge in [0.1, 0.15) is 6.10 Å². The molecule has 3 aliphatic heterocycles. The maximum atomic E-state index is 12.5. The van der Waals surface area contributed by atoms with Crippen molar-refractivity contribution in [2.24, 2.45) is 0 Å². The Bertz CT molecular complexity index is 965. The van der Waals surface area contributed by atoms with Gasteiger partial charge in [-0.1, -0.05) is 24.3 Å². The third-order valence-corrected chi connectivity index (χ3v) is 6.74. The molecule has 3 fully saturated rings. The molecule has 156 valence electrons. The van der Waals surface area contributed by atoms with E-state index in [0.29, 0.717) is 37.4 Å². The van der Waals surface area contributed by atoms with Gasteiger partial charge in [0.15, 0.2) is 0 Å². The molecular weight excluding hydrogens is 378 g/mol. The van der Waals surface area contributed by atoms with Crippen molar-refractivity contribution >= 4 is 22.4 Å². The molecule has 3 saturated heterocycles. The van der Waals surface area contributed by atoms with Crippen LogP contribution < -0.4 is 4.90 Å². The third-order valence-electron chi connectivity index (χ3n) is 6.74. The topological polar surface area (TPSA) is 65.8 Å². The van der Waals surface area contributed by atoms with Crippen LogP contribution in [0.2, 0.25) is 0 Å². The predicted octanol–water partition coefficient (Wildman–Crippen LogP) is 3.09. The molecule has 0 amide bonds. The molecule has 0 aromatic heterocycles. The Kier molecular flexibility index (Phi) is 5.32. The zero-order valence-corrected chi connectivity index (χ0v) is 17.1. The average Bonchev–Trinajstić information content (AvgIpc) is 3.03. The number of nitrogens with zero attached hydrogens (tertiary/aromatic N) is 3. The van der Waals surface area contributed by atoms with Crippen LogP contribution in [0.4, 0.5) is 5.69 Å². The largest absolute Gasteiger partial charge is 0.461 e. The number of ether oxygens (including phenoxy) is 2. The van der Waals surface area contributed by atoms with E-state index < -0.39 is 0 Å². The summed E-state index contributed by atoms with van der Waals surface area (Å²) in [4.78, 5) is 17.1. The standard InChI is InChI=1S/C24H27N3O3/c25-15-17-5-8-23(22-4-2-1-3-21(17)22)27-18-6-7-19(27)14-20(13-18)30-24(28)16-26-9-11-29-12-10-26/h1-5,8,18-20H,6-7,9-14,16H2. The number of esters is 1. The van der Waals surface area contributed by atoms with Crippen molar-refractivity contribution in [3.05, 3.63) is 42.0 Å². The van der Waals surface area contributed by atoms with Gasteiger partial charge in [0, 0.05) is 54.5 Å². The van der Waals surface area contributed by atoms with Crippen LogP contribution in [0.15, 0.2) is 36.4 Å². The lowest BCUT2D eigenvalue weighted by molar-refractivity contribution is -0.152. The number of carbonyl (C=O) groups is 1. The number of morpholine rings is 1. The van der Waals surface area contributed by atoms with E-state index in [1.807, 2.05) is 24.3 Å². The van der Waals surface area contributed by atoms with Crippen molar-refractivity contribution in [3.8, 4) is 6.07 Å². The Morgan fingerprint density at radius 1 is 1.07 bits per heavy atom. The quantitative estimate of drug-likeness (QED) is 0.729. The van der Waals surface area contributed by atoms with Crippen LogP contribution in [0.3, 0.4) is 0 Å². The van der Waals surface area contributed by atoms with Crippen LogP contribution in [0.25, 0.3) is 10.8 Å². The molecule has 0 N–H and O–H groups in total. The fourth-order valence-electron chi connectivity index (χ4n) is 5.39. The van der Waals surface area contributed by atoms with Crippen molar-refractivity contribution in [2.75, 3.05) is 37.7 Å². The van der Waals surface area contributed by atoms with Gasteiger partial charge in [-0.2, -0.15) is 5.26 Å². The van der Waals surface area contributed by atoms with Crippen LogP contribution >= 0.6 is 0 Å². The number of nitriles is 1. The maximum absolute atomic E-state index is 12.5. The van der Waals surface area contributed by atoms with E-state index in [1.54, 1.807) is 0 Å². The first-order valence-electron chi connectivity index (χ1n) is 10.9. The molecular formula is C24H27N3O3. The number of anilines is 1. The first kappa shape index (κ1) is 19.3. The number of piperidine rings is 1. The summed E-state index contributed by atoms with van der Waals surface area (Å²) in [5, 5.41) is 11.6. The number of benzene rings is 2.